The van der Waals surface area contributed by atoms with Gasteiger partial charge in [0.05, 0.1) is 19.9 Å². The zero-order valence-corrected chi connectivity index (χ0v) is 12.4. The molecule has 2 aromatic rings. The smallest absolute Gasteiger partial charge is 0.243 e. The molecule has 0 saturated carbocycles. The molecule has 0 bridgehead atoms. The number of nitrogens with one attached hydrogen (secondary N) is 1. The van der Waals surface area contributed by atoms with Crippen LogP contribution < -0.4 is 15.0 Å². The summed E-state index contributed by atoms with van der Waals surface area (Å²) in [6, 6.07) is 5.05. The van der Waals surface area contributed by atoms with Gasteiger partial charge in [0.15, 0.2) is 0 Å². The number of aromatic nitrogens is 2. The third-order valence-electron chi connectivity index (χ3n) is 3.66. The van der Waals surface area contributed by atoms with Crippen LogP contribution in [0.15, 0.2) is 35.1 Å². The molecule has 0 aliphatic carbocycles. The molecule has 1 fully saturated rings. The Kier molecular flexibility index (Phi) is 4.22. The molecule has 1 atom stereocenters. The second kappa shape index (κ2) is 6.46. The maximum absolute atomic E-state index is 12.4. The maximum Gasteiger partial charge on any atom is 0.243 e. The Bertz CT molecular complexity index is 629. The molecule has 1 aliphatic rings. The van der Waals surface area contributed by atoms with E-state index in [1.807, 2.05) is 11.0 Å². The van der Waals surface area contributed by atoms with Crippen LogP contribution in [0.5, 0.6) is 5.88 Å². The third kappa shape index (κ3) is 3.03. The summed E-state index contributed by atoms with van der Waals surface area (Å²) in [4.78, 5) is 22.9. The van der Waals surface area contributed by atoms with Crippen molar-refractivity contribution in [2.75, 3.05) is 18.6 Å². The number of rotatable bonds is 5. The second-order valence-corrected chi connectivity index (χ2v) is 5.05. The van der Waals surface area contributed by atoms with E-state index < -0.39 is 0 Å². The van der Waals surface area contributed by atoms with Crippen molar-refractivity contribution >= 4 is 11.9 Å². The molecule has 0 spiro atoms. The topological polar surface area (TPSA) is 80.5 Å². The summed E-state index contributed by atoms with van der Waals surface area (Å²) in [6.07, 6.45) is 4.94. The Hall–Kier alpha value is -2.57. The Morgan fingerprint density at radius 2 is 2.45 bits per heavy atom. The second-order valence-electron chi connectivity index (χ2n) is 5.05. The molecule has 1 amide bonds. The molecule has 1 saturated heterocycles. The van der Waals surface area contributed by atoms with Crippen molar-refractivity contribution < 1.29 is 13.9 Å². The largest absolute Gasteiger partial charge is 0.481 e. The van der Waals surface area contributed by atoms with Crippen LogP contribution in [0.3, 0.4) is 0 Å². The third-order valence-corrected chi connectivity index (χ3v) is 3.66. The lowest BCUT2D eigenvalue weighted by Crippen LogP contribution is -2.43. The van der Waals surface area contributed by atoms with Gasteiger partial charge in [-0.15, -0.1) is 0 Å². The van der Waals surface area contributed by atoms with Crippen LogP contribution >= 0.6 is 0 Å². The van der Waals surface area contributed by atoms with Gasteiger partial charge in [-0.2, -0.15) is 4.98 Å². The van der Waals surface area contributed by atoms with Crippen LogP contribution in [0.1, 0.15) is 18.6 Å². The van der Waals surface area contributed by atoms with E-state index in [0.29, 0.717) is 18.4 Å². The van der Waals surface area contributed by atoms with Gasteiger partial charge in [-0.05, 0) is 25.0 Å². The van der Waals surface area contributed by atoms with E-state index in [1.165, 1.54) is 0 Å². The average molecular weight is 302 g/mol. The van der Waals surface area contributed by atoms with Crippen LogP contribution in [0, 0.1) is 0 Å². The first-order valence-electron chi connectivity index (χ1n) is 7.21. The van der Waals surface area contributed by atoms with Crippen molar-refractivity contribution in [2.24, 2.45) is 0 Å². The fourth-order valence-corrected chi connectivity index (χ4v) is 2.57. The molecule has 0 aromatic carbocycles. The minimum atomic E-state index is -0.262. The zero-order valence-electron chi connectivity index (χ0n) is 12.4. The van der Waals surface area contributed by atoms with E-state index >= 15 is 0 Å². The first-order valence-corrected chi connectivity index (χ1v) is 7.21. The van der Waals surface area contributed by atoms with Crippen molar-refractivity contribution in [1.29, 1.82) is 0 Å². The zero-order chi connectivity index (χ0) is 15.4. The van der Waals surface area contributed by atoms with Crippen molar-refractivity contribution in [3.8, 4) is 5.88 Å². The predicted octanol–water partition coefficient (Wildman–Crippen LogP) is 1.36. The molecule has 3 heterocycles. The van der Waals surface area contributed by atoms with Gasteiger partial charge in [0.25, 0.3) is 0 Å². The van der Waals surface area contributed by atoms with Crippen LogP contribution in [0.4, 0.5) is 5.95 Å². The summed E-state index contributed by atoms with van der Waals surface area (Å²) >= 11 is 0. The normalized spacial score (nSPS) is 17.5. The number of anilines is 1. The summed E-state index contributed by atoms with van der Waals surface area (Å²) in [5.41, 5.74) is 0. The standard InChI is InChI=1S/C15H18N4O3/c1-21-13-6-7-16-15(18-13)19-8-2-5-12(19)14(20)17-10-11-4-3-9-22-11/h3-4,6-7,9,12H,2,5,8,10H2,1H3,(H,17,20)/t12-/m0/s1. The molecule has 3 rings (SSSR count). The number of hydrogen-bond acceptors (Lipinski definition) is 6. The van der Waals surface area contributed by atoms with Crippen LogP contribution in [-0.4, -0.2) is 35.6 Å². The van der Waals surface area contributed by atoms with Gasteiger partial charge in [-0.3, -0.25) is 4.79 Å². The Morgan fingerprint density at radius 3 is 3.23 bits per heavy atom. The number of ether oxygens (including phenoxy) is 1. The van der Waals surface area contributed by atoms with Crippen molar-refractivity contribution in [1.82, 2.24) is 15.3 Å². The Labute approximate surface area is 128 Å². The minimum absolute atomic E-state index is 0.0414. The lowest BCUT2D eigenvalue weighted by Gasteiger charge is -2.23. The van der Waals surface area contributed by atoms with Gasteiger partial charge in [0, 0.05) is 18.8 Å². The van der Waals surface area contributed by atoms with Gasteiger partial charge in [0.1, 0.15) is 11.8 Å². The highest BCUT2D eigenvalue weighted by Gasteiger charge is 2.32. The molecule has 7 nitrogen and oxygen atoms in total. The minimum Gasteiger partial charge on any atom is -0.481 e. The number of furan rings is 1. The highest BCUT2D eigenvalue weighted by Crippen LogP contribution is 2.23. The maximum atomic E-state index is 12.4. The number of carbonyl (C=O) groups excluding carboxylic acids is 1. The van der Waals surface area contributed by atoms with Crippen molar-refractivity contribution in [3.63, 3.8) is 0 Å². The highest BCUT2D eigenvalue weighted by atomic mass is 16.5. The summed E-state index contributed by atoms with van der Waals surface area (Å²) in [7, 11) is 1.56. The van der Waals surface area contributed by atoms with Gasteiger partial charge >= 0.3 is 0 Å². The molecule has 0 radical (unpaired) electrons. The summed E-state index contributed by atoms with van der Waals surface area (Å²) < 4.78 is 10.3. The molecule has 7 heteroatoms. The van der Waals surface area contributed by atoms with Crippen LogP contribution in [-0.2, 0) is 11.3 Å². The van der Waals surface area contributed by atoms with Gasteiger partial charge in [-0.25, -0.2) is 4.98 Å². The molecule has 1 N–H and O–H groups in total. The molecule has 22 heavy (non-hydrogen) atoms. The summed E-state index contributed by atoms with van der Waals surface area (Å²) in [5.74, 6) is 1.71. The molecule has 2 aromatic heterocycles. The Balaban J connectivity index is 1.68. The molecular formula is C15H18N4O3. The molecule has 1 aliphatic heterocycles. The van der Waals surface area contributed by atoms with Gasteiger partial charge in [0.2, 0.25) is 17.7 Å². The average Bonchev–Trinajstić information content (AvgIpc) is 3.24. The number of nitrogens with zero attached hydrogens (tertiary/aromatic N) is 3. The van der Waals surface area contributed by atoms with Crippen LogP contribution in [0.2, 0.25) is 0 Å². The van der Waals surface area contributed by atoms with Gasteiger partial charge in [-0.1, -0.05) is 0 Å². The first kappa shape index (κ1) is 14.4. The SMILES string of the molecule is COc1ccnc(N2CCC[C@H]2C(=O)NCc2ccco2)n1. The fourth-order valence-electron chi connectivity index (χ4n) is 2.57. The molecular weight excluding hydrogens is 284 g/mol. The first-order chi connectivity index (χ1) is 10.8. The predicted molar refractivity (Wildman–Crippen MR) is 79.5 cm³/mol. The van der Waals surface area contributed by atoms with E-state index in [9.17, 15) is 4.79 Å². The summed E-state index contributed by atoms with van der Waals surface area (Å²) in [6.45, 7) is 1.14. The van der Waals surface area contributed by atoms with Gasteiger partial charge < -0.3 is 19.4 Å². The van der Waals surface area contributed by atoms with Crippen LogP contribution in [0.25, 0.3) is 0 Å². The van der Waals surface area contributed by atoms with Crippen molar-refractivity contribution in [2.45, 2.75) is 25.4 Å². The van der Waals surface area contributed by atoms with Crippen molar-refractivity contribution in [3.05, 3.63) is 36.4 Å². The van der Waals surface area contributed by atoms with E-state index in [0.717, 1.165) is 25.1 Å². The lowest BCUT2D eigenvalue weighted by atomic mass is 10.2. The number of carbonyl (C=O) groups is 1. The number of hydrogen-bond donors (Lipinski definition) is 1. The number of amides is 1. The molecule has 116 valence electrons. The van der Waals surface area contributed by atoms with E-state index in [4.69, 9.17) is 9.15 Å². The highest BCUT2D eigenvalue weighted by molar-refractivity contribution is 5.85. The Morgan fingerprint density at radius 1 is 1.55 bits per heavy atom. The number of methoxy groups -OCH3 is 1. The fraction of sp³-hybridized carbons (Fsp3) is 0.400. The van der Waals surface area contributed by atoms with E-state index in [-0.39, 0.29) is 11.9 Å². The summed E-state index contributed by atoms with van der Waals surface area (Å²) in [5, 5.41) is 2.89. The lowest BCUT2D eigenvalue weighted by molar-refractivity contribution is -0.122. The monoisotopic (exact) mass is 302 g/mol. The van der Waals surface area contributed by atoms with E-state index in [1.54, 1.807) is 31.7 Å². The quantitative estimate of drug-likeness (QED) is 0.898. The molecule has 0 unspecified atom stereocenters. The van der Waals surface area contributed by atoms with E-state index in [2.05, 4.69) is 15.3 Å².